The summed E-state index contributed by atoms with van der Waals surface area (Å²) in [5.74, 6) is -0.696. The third-order valence-electron chi connectivity index (χ3n) is 4.45. The Morgan fingerprint density at radius 2 is 2.00 bits per heavy atom. The average molecular weight is 349 g/mol. The lowest BCUT2D eigenvalue weighted by Gasteiger charge is -2.19. The number of rotatable bonds is 5. The highest BCUT2D eigenvalue weighted by molar-refractivity contribution is 7.14. The fraction of sp³-hybridized carbons (Fsp3) is 0.500. The van der Waals surface area contributed by atoms with Gasteiger partial charge in [0.2, 0.25) is 5.91 Å². The van der Waals surface area contributed by atoms with Crippen LogP contribution in [-0.4, -0.2) is 40.6 Å². The molecule has 1 spiro atoms. The number of carbonyl (C=O) groups excluding carboxylic acids is 4. The van der Waals surface area contributed by atoms with Gasteiger partial charge in [-0.3, -0.25) is 19.3 Å². The minimum atomic E-state index is -0.788. The standard InChI is InChI=1S/C16H19N3O4S/c1-10(20)17-8-11-4-5-13(24-11)12(21)9-19-14(22)16(18-15(19)23)6-2-3-7-16/h4-5H,2-3,6-9H2,1H3,(H,17,20)(H,18,23). The fourth-order valence-corrected chi connectivity index (χ4v) is 4.07. The second-order valence-corrected chi connectivity index (χ2v) is 7.38. The van der Waals surface area contributed by atoms with Gasteiger partial charge in [-0.25, -0.2) is 4.79 Å². The van der Waals surface area contributed by atoms with Gasteiger partial charge in [0.05, 0.1) is 18.0 Å². The lowest BCUT2D eigenvalue weighted by atomic mass is 9.98. The van der Waals surface area contributed by atoms with Gasteiger partial charge in [0.15, 0.2) is 5.78 Å². The molecule has 2 fully saturated rings. The van der Waals surface area contributed by atoms with Crippen LogP contribution in [0.5, 0.6) is 0 Å². The van der Waals surface area contributed by atoms with Crippen LogP contribution in [0.25, 0.3) is 0 Å². The number of nitrogens with zero attached hydrogens (tertiary/aromatic N) is 1. The number of Topliss-reactive ketones (excluding diaryl/α,β-unsaturated/α-hetero) is 1. The summed E-state index contributed by atoms with van der Waals surface area (Å²) in [7, 11) is 0. The van der Waals surface area contributed by atoms with E-state index in [4.69, 9.17) is 0 Å². The Morgan fingerprint density at radius 3 is 2.67 bits per heavy atom. The van der Waals surface area contributed by atoms with E-state index in [2.05, 4.69) is 10.6 Å². The van der Waals surface area contributed by atoms with Crippen molar-refractivity contribution in [3.05, 3.63) is 21.9 Å². The molecule has 1 aliphatic heterocycles. The molecule has 8 heteroatoms. The molecule has 2 aliphatic rings. The van der Waals surface area contributed by atoms with E-state index in [0.29, 0.717) is 24.3 Å². The van der Waals surface area contributed by atoms with E-state index in [-0.39, 0.29) is 24.1 Å². The van der Waals surface area contributed by atoms with Crippen LogP contribution >= 0.6 is 11.3 Å². The van der Waals surface area contributed by atoms with E-state index in [0.717, 1.165) is 22.6 Å². The van der Waals surface area contributed by atoms with Crippen LogP contribution < -0.4 is 10.6 Å². The Hall–Kier alpha value is -2.22. The topological polar surface area (TPSA) is 95.6 Å². The van der Waals surface area contributed by atoms with Crippen LogP contribution in [0.1, 0.15) is 47.2 Å². The first-order valence-electron chi connectivity index (χ1n) is 7.92. The number of urea groups is 1. The largest absolute Gasteiger partial charge is 0.351 e. The quantitative estimate of drug-likeness (QED) is 0.621. The Morgan fingerprint density at radius 1 is 1.29 bits per heavy atom. The molecule has 1 saturated heterocycles. The second-order valence-electron chi connectivity index (χ2n) is 6.21. The van der Waals surface area contributed by atoms with Crippen molar-refractivity contribution in [1.82, 2.24) is 15.5 Å². The summed E-state index contributed by atoms with van der Waals surface area (Å²) in [6, 6.07) is 2.94. The summed E-state index contributed by atoms with van der Waals surface area (Å²) in [5.41, 5.74) is -0.788. The number of hydrogen-bond acceptors (Lipinski definition) is 5. The minimum absolute atomic E-state index is 0.141. The van der Waals surface area contributed by atoms with Crippen molar-refractivity contribution in [2.75, 3.05) is 6.54 Å². The van der Waals surface area contributed by atoms with Crippen LogP contribution in [0.15, 0.2) is 12.1 Å². The second kappa shape index (κ2) is 6.35. The maximum Gasteiger partial charge on any atom is 0.325 e. The van der Waals surface area contributed by atoms with Gasteiger partial charge >= 0.3 is 6.03 Å². The van der Waals surface area contributed by atoms with E-state index in [1.54, 1.807) is 12.1 Å². The summed E-state index contributed by atoms with van der Waals surface area (Å²) in [6.07, 6.45) is 3.10. The van der Waals surface area contributed by atoms with Gasteiger partial charge in [-0.1, -0.05) is 12.8 Å². The predicted octanol–water partition coefficient (Wildman–Crippen LogP) is 1.43. The zero-order chi connectivity index (χ0) is 17.3. The molecule has 4 amide bonds. The van der Waals surface area contributed by atoms with Crippen molar-refractivity contribution in [3.63, 3.8) is 0 Å². The van der Waals surface area contributed by atoms with E-state index in [1.165, 1.54) is 18.3 Å². The van der Waals surface area contributed by atoms with Crippen LogP contribution in [0.3, 0.4) is 0 Å². The zero-order valence-corrected chi connectivity index (χ0v) is 14.2. The molecule has 2 heterocycles. The Labute approximate surface area is 143 Å². The van der Waals surface area contributed by atoms with Gasteiger partial charge in [0.25, 0.3) is 5.91 Å². The monoisotopic (exact) mass is 349 g/mol. The molecule has 0 aromatic carbocycles. The Kier molecular flexibility index (Phi) is 4.40. The summed E-state index contributed by atoms with van der Waals surface area (Å²) >= 11 is 1.26. The summed E-state index contributed by atoms with van der Waals surface area (Å²) in [6.45, 7) is 1.54. The number of imide groups is 1. The summed E-state index contributed by atoms with van der Waals surface area (Å²) in [4.78, 5) is 50.3. The molecule has 1 saturated carbocycles. The molecule has 0 radical (unpaired) electrons. The van der Waals surface area contributed by atoms with Crippen molar-refractivity contribution >= 4 is 35.0 Å². The molecule has 1 aromatic heterocycles. The molecule has 3 rings (SSSR count). The first-order chi connectivity index (χ1) is 11.4. The van der Waals surface area contributed by atoms with E-state index in [1.807, 2.05) is 0 Å². The van der Waals surface area contributed by atoms with Crippen molar-refractivity contribution in [1.29, 1.82) is 0 Å². The molecule has 0 bridgehead atoms. The normalized spacial score (nSPS) is 19.0. The average Bonchev–Trinajstić information content (AvgIpc) is 3.23. The van der Waals surface area contributed by atoms with E-state index in [9.17, 15) is 19.2 Å². The lowest BCUT2D eigenvalue weighted by Crippen LogP contribution is -2.44. The molecule has 0 unspecified atom stereocenters. The molecular weight excluding hydrogens is 330 g/mol. The molecule has 2 N–H and O–H groups in total. The maximum absolute atomic E-state index is 12.5. The van der Waals surface area contributed by atoms with Crippen LogP contribution in [0.4, 0.5) is 4.79 Å². The molecule has 1 aromatic rings. The van der Waals surface area contributed by atoms with E-state index >= 15 is 0 Å². The number of hydrogen-bond donors (Lipinski definition) is 2. The molecule has 24 heavy (non-hydrogen) atoms. The first kappa shape index (κ1) is 16.6. The number of carbonyl (C=O) groups is 4. The third-order valence-corrected chi connectivity index (χ3v) is 5.58. The fourth-order valence-electron chi connectivity index (χ4n) is 3.19. The van der Waals surface area contributed by atoms with Crippen molar-refractivity contribution < 1.29 is 19.2 Å². The number of ketones is 1. The molecule has 0 atom stereocenters. The van der Waals surface area contributed by atoms with Gasteiger partial charge in [-0.05, 0) is 25.0 Å². The van der Waals surface area contributed by atoms with Crippen molar-refractivity contribution in [2.45, 2.75) is 44.7 Å². The smallest absolute Gasteiger partial charge is 0.325 e. The number of nitrogens with one attached hydrogen (secondary N) is 2. The molecule has 1 aliphatic carbocycles. The SMILES string of the molecule is CC(=O)NCc1ccc(C(=O)CN2C(=O)NC3(CCCC3)C2=O)s1. The summed E-state index contributed by atoms with van der Waals surface area (Å²) < 4.78 is 0. The van der Waals surface area contributed by atoms with Gasteiger partial charge in [-0.15, -0.1) is 11.3 Å². The highest BCUT2D eigenvalue weighted by atomic mass is 32.1. The third kappa shape index (κ3) is 3.06. The lowest BCUT2D eigenvalue weighted by molar-refractivity contribution is -0.130. The Balaban J connectivity index is 1.65. The number of amides is 4. The summed E-state index contributed by atoms with van der Waals surface area (Å²) in [5, 5.41) is 5.43. The van der Waals surface area contributed by atoms with Gasteiger partial charge in [0, 0.05) is 11.8 Å². The van der Waals surface area contributed by atoms with Crippen LogP contribution in [-0.2, 0) is 16.1 Å². The zero-order valence-electron chi connectivity index (χ0n) is 13.4. The van der Waals surface area contributed by atoms with Crippen molar-refractivity contribution in [2.24, 2.45) is 0 Å². The van der Waals surface area contributed by atoms with Gasteiger partial charge in [0.1, 0.15) is 5.54 Å². The van der Waals surface area contributed by atoms with Crippen LogP contribution in [0, 0.1) is 0 Å². The maximum atomic E-state index is 12.5. The number of thiophene rings is 1. The highest BCUT2D eigenvalue weighted by Crippen LogP contribution is 2.35. The van der Waals surface area contributed by atoms with Gasteiger partial charge in [-0.2, -0.15) is 0 Å². The minimum Gasteiger partial charge on any atom is -0.351 e. The van der Waals surface area contributed by atoms with Crippen molar-refractivity contribution in [3.8, 4) is 0 Å². The van der Waals surface area contributed by atoms with Crippen LogP contribution in [0.2, 0.25) is 0 Å². The molecular formula is C16H19N3O4S. The predicted molar refractivity (Wildman–Crippen MR) is 87.6 cm³/mol. The molecule has 7 nitrogen and oxygen atoms in total. The van der Waals surface area contributed by atoms with Gasteiger partial charge < -0.3 is 10.6 Å². The Bertz CT molecular complexity index is 706. The highest BCUT2D eigenvalue weighted by Gasteiger charge is 2.52. The first-order valence-corrected chi connectivity index (χ1v) is 8.73. The molecule has 128 valence electrons. The van der Waals surface area contributed by atoms with E-state index < -0.39 is 11.6 Å².